The van der Waals surface area contributed by atoms with Crippen LogP contribution in [0.5, 0.6) is 0 Å². The Morgan fingerprint density at radius 3 is 2.73 bits per heavy atom. The molecule has 5 aliphatic heterocycles. The maximum absolute atomic E-state index is 14.7. The largest absolute Gasteiger partial charge is 0.458 e. The number of hydroxylamine groups is 2. The van der Waals surface area contributed by atoms with Gasteiger partial charge >= 0.3 is 5.97 Å². The molecule has 2 N–H and O–H groups in total. The molecule has 12 nitrogen and oxygen atoms in total. The minimum absolute atomic E-state index is 0.0260. The first-order valence-electron chi connectivity index (χ1n) is 16.0. The molecule has 2 amide bonds. The summed E-state index contributed by atoms with van der Waals surface area (Å²) in [5.41, 5.74) is 0.726. The van der Waals surface area contributed by atoms with E-state index in [2.05, 4.69) is 17.5 Å². The summed E-state index contributed by atoms with van der Waals surface area (Å²) in [5.74, 6) is -0.590. The second kappa shape index (κ2) is 11.2. The van der Waals surface area contributed by atoms with E-state index in [0.29, 0.717) is 37.5 Å². The highest BCUT2D eigenvalue weighted by atomic mass is 16.8. The number of nitrogens with zero attached hydrogens (tertiary/aromatic N) is 2. The van der Waals surface area contributed by atoms with Crippen molar-refractivity contribution in [1.82, 2.24) is 15.3 Å². The van der Waals surface area contributed by atoms with Crippen molar-refractivity contribution >= 4 is 23.9 Å². The van der Waals surface area contributed by atoms with Crippen LogP contribution < -0.4 is 5.32 Å². The lowest BCUT2D eigenvalue weighted by Gasteiger charge is -2.50. The number of amides is 2. The SMILES string of the molecule is O=C(NCCO)C1CCCN1C(=O)C12CC3OC(=O)C1N(Cc1ccc(C=CC4CCC5OC5C4)cc1)OC2C1OCOC31. The van der Waals surface area contributed by atoms with Crippen LogP contribution in [0.3, 0.4) is 0 Å². The van der Waals surface area contributed by atoms with Crippen LogP contribution in [0, 0.1) is 11.3 Å². The van der Waals surface area contributed by atoms with Gasteiger partial charge in [0.25, 0.3) is 0 Å². The predicted octanol–water partition coefficient (Wildman–Crippen LogP) is 0.908. The van der Waals surface area contributed by atoms with Gasteiger partial charge in [-0.3, -0.25) is 19.2 Å². The lowest BCUT2D eigenvalue weighted by atomic mass is 9.62. The maximum atomic E-state index is 14.7. The zero-order chi connectivity index (χ0) is 30.0. The molecule has 0 spiro atoms. The highest BCUT2D eigenvalue weighted by Gasteiger charge is 2.75. The number of carbonyl (C=O) groups excluding carboxylic acids is 3. The van der Waals surface area contributed by atoms with Gasteiger partial charge in [0.1, 0.15) is 42.7 Å². The molecule has 0 aromatic heterocycles. The Labute approximate surface area is 255 Å². The molecule has 1 aromatic rings. The molecule has 2 aliphatic carbocycles. The second-order valence-electron chi connectivity index (χ2n) is 13.2. The first-order valence-corrected chi connectivity index (χ1v) is 16.0. The number of likely N-dealkylation sites (tertiary alicyclic amines) is 1. The Morgan fingerprint density at radius 2 is 1.91 bits per heavy atom. The van der Waals surface area contributed by atoms with Crippen molar-refractivity contribution in [3.63, 3.8) is 0 Å². The van der Waals surface area contributed by atoms with E-state index in [9.17, 15) is 19.5 Å². The molecule has 10 atom stereocenters. The van der Waals surface area contributed by atoms with Crippen molar-refractivity contribution in [3.8, 4) is 0 Å². The third kappa shape index (κ3) is 4.69. The Balaban J connectivity index is 1.05. The molecule has 12 heteroatoms. The first-order chi connectivity index (χ1) is 21.5. The van der Waals surface area contributed by atoms with Gasteiger partial charge in [0.2, 0.25) is 11.8 Å². The van der Waals surface area contributed by atoms with Gasteiger partial charge in [-0.15, -0.1) is 0 Å². The number of aliphatic hydroxyl groups is 1. The summed E-state index contributed by atoms with van der Waals surface area (Å²) in [7, 11) is 0. The quantitative estimate of drug-likeness (QED) is 0.323. The number of rotatable bonds is 8. The summed E-state index contributed by atoms with van der Waals surface area (Å²) in [5, 5.41) is 13.5. The lowest BCUT2D eigenvalue weighted by Crippen LogP contribution is -2.70. The van der Waals surface area contributed by atoms with Gasteiger partial charge in [0.15, 0.2) is 6.04 Å². The van der Waals surface area contributed by atoms with E-state index >= 15 is 0 Å². The van der Waals surface area contributed by atoms with Crippen molar-refractivity contribution in [3.05, 3.63) is 41.5 Å². The van der Waals surface area contributed by atoms with Gasteiger partial charge in [0.05, 0.1) is 25.4 Å². The van der Waals surface area contributed by atoms with Gasteiger partial charge in [-0.05, 0) is 49.1 Å². The van der Waals surface area contributed by atoms with Gasteiger partial charge < -0.3 is 34.3 Å². The summed E-state index contributed by atoms with van der Waals surface area (Å²) in [6, 6.07) is 6.44. The highest BCUT2D eigenvalue weighted by molar-refractivity contribution is 5.96. The van der Waals surface area contributed by atoms with Crippen molar-refractivity contribution in [2.24, 2.45) is 11.3 Å². The highest BCUT2D eigenvalue weighted by Crippen LogP contribution is 2.56. The van der Waals surface area contributed by atoms with E-state index in [0.717, 1.165) is 30.4 Å². The number of carbonyl (C=O) groups is 3. The molecule has 2 bridgehead atoms. The van der Waals surface area contributed by atoms with Crippen LogP contribution in [-0.2, 0) is 44.7 Å². The van der Waals surface area contributed by atoms with Crippen LogP contribution in [0.1, 0.15) is 49.7 Å². The standard InChI is InChI=1S/C32H39N3O9/c36-13-11-33-29(37)21-2-1-12-34(21)31(39)32-15-24-25-26(41-17-40-25)28(32)44-35(27(32)30(38)43-24)16-20-7-4-18(5-8-20)3-6-19-9-10-22-23(14-19)42-22/h3-8,19,21-28,36H,1-2,9-17H2,(H,33,37). The number of hydrogen-bond acceptors (Lipinski definition) is 10. The molecular weight excluding hydrogens is 570 g/mol. The fraction of sp³-hybridized carbons (Fsp3) is 0.656. The zero-order valence-electron chi connectivity index (χ0n) is 24.5. The maximum Gasteiger partial charge on any atom is 0.327 e. The molecule has 10 unspecified atom stereocenters. The average Bonchev–Trinajstić information content (AvgIpc) is 3.35. The number of esters is 1. The van der Waals surface area contributed by atoms with Crippen molar-refractivity contribution in [2.75, 3.05) is 26.5 Å². The Kier molecular flexibility index (Phi) is 7.27. The summed E-state index contributed by atoms with van der Waals surface area (Å²) in [6.07, 6.45) is 7.62. The third-order valence-corrected chi connectivity index (χ3v) is 10.6. The number of benzene rings is 1. The smallest absolute Gasteiger partial charge is 0.327 e. The number of fused-ring (bicyclic) bond motifs is 5. The van der Waals surface area contributed by atoms with Crippen LogP contribution in [0.2, 0.25) is 0 Å². The van der Waals surface area contributed by atoms with Gasteiger partial charge in [0, 0.05) is 19.5 Å². The third-order valence-electron chi connectivity index (χ3n) is 10.6. The predicted molar refractivity (Wildman–Crippen MR) is 152 cm³/mol. The number of aliphatic hydroxyl groups excluding tert-OH is 1. The van der Waals surface area contributed by atoms with Crippen LogP contribution in [0.4, 0.5) is 0 Å². The van der Waals surface area contributed by atoms with E-state index in [1.54, 1.807) is 9.96 Å². The van der Waals surface area contributed by atoms with E-state index < -0.39 is 47.9 Å². The van der Waals surface area contributed by atoms with Crippen molar-refractivity contribution in [1.29, 1.82) is 0 Å². The Hall–Kier alpha value is -2.87. The number of ether oxygens (including phenoxy) is 4. The zero-order valence-corrected chi connectivity index (χ0v) is 24.5. The molecular formula is C32H39N3O9. The van der Waals surface area contributed by atoms with E-state index in [-0.39, 0.29) is 44.7 Å². The first kappa shape index (κ1) is 28.6. The molecule has 44 heavy (non-hydrogen) atoms. The summed E-state index contributed by atoms with van der Waals surface area (Å²) in [6.45, 7) is 0.608. The molecule has 5 heterocycles. The normalized spacial score (nSPS) is 40.5. The molecule has 0 radical (unpaired) electrons. The number of epoxide rings is 1. The molecule has 7 aliphatic rings. The van der Waals surface area contributed by atoms with Crippen LogP contribution in [0.15, 0.2) is 30.3 Å². The average molecular weight is 610 g/mol. The summed E-state index contributed by atoms with van der Waals surface area (Å²) < 4.78 is 23.3. The fourth-order valence-electron chi connectivity index (χ4n) is 8.43. The minimum Gasteiger partial charge on any atom is -0.458 e. The monoisotopic (exact) mass is 609 g/mol. The fourth-order valence-corrected chi connectivity index (χ4v) is 8.43. The molecule has 1 aromatic carbocycles. The van der Waals surface area contributed by atoms with Crippen LogP contribution in [0.25, 0.3) is 6.08 Å². The van der Waals surface area contributed by atoms with E-state index in [1.807, 2.05) is 24.3 Å². The summed E-state index contributed by atoms with van der Waals surface area (Å²) >= 11 is 0. The number of allylic oxidation sites excluding steroid dienone is 1. The molecule has 2 saturated carbocycles. The Bertz CT molecular complexity index is 1340. The van der Waals surface area contributed by atoms with E-state index in [1.165, 1.54) is 0 Å². The van der Waals surface area contributed by atoms with Crippen LogP contribution in [-0.4, -0.2) is 108 Å². The van der Waals surface area contributed by atoms with E-state index in [4.69, 9.17) is 23.8 Å². The minimum atomic E-state index is -1.29. The van der Waals surface area contributed by atoms with Crippen molar-refractivity contribution in [2.45, 2.75) is 93.8 Å². The van der Waals surface area contributed by atoms with Gasteiger partial charge in [-0.25, -0.2) is 0 Å². The van der Waals surface area contributed by atoms with Crippen LogP contribution >= 0.6 is 0 Å². The topological polar surface area (TPSA) is 139 Å². The molecule has 8 rings (SSSR count). The van der Waals surface area contributed by atoms with Gasteiger partial charge in [-0.2, -0.15) is 5.06 Å². The molecule has 7 fully saturated rings. The second-order valence-corrected chi connectivity index (χ2v) is 13.2. The van der Waals surface area contributed by atoms with Gasteiger partial charge in [-0.1, -0.05) is 36.4 Å². The van der Waals surface area contributed by atoms with Crippen molar-refractivity contribution < 1.29 is 43.3 Å². The lowest BCUT2D eigenvalue weighted by molar-refractivity contribution is -0.204. The number of nitrogens with one attached hydrogen (secondary N) is 1. The molecule has 236 valence electrons. The molecule has 5 saturated heterocycles. The number of hydrogen-bond donors (Lipinski definition) is 2. The Morgan fingerprint density at radius 1 is 1.07 bits per heavy atom. The summed E-state index contributed by atoms with van der Waals surface area (Å²) in [4.78, 5) is 49.5.